The molecular formula is C30H8N10. The number of aromatic nitrogens is 2. The Bertz CT molecular complexity index is 2020. The lowest BCUT2D eigenvalue weighted by Crippen LogP contribution is -2.20. The average molecular weight is 508 g/mol. The zero-order chi connectivity index (χ0) is 28.8. The van der Waals surface area contributed by atoms with Crippen LogP contribution >= 0.6 is 0 Å². The topological polar surface area (TPSA) is 216 Å². The minimum atomic E-state index is -0.0815. The number of nitriles is 8. The maximum Gasteiger partial charge on any atom is 0.101 e. The summed E-state index contributed by atoms with van der Waals surface area (Å²) in [5.74, 6) is 0. The molecule has 0 aliphatic carbocycles. The van der Waals surface area contributed by atoms with Gasteiger partial charge in [0.15, 0.2) is 0 Å². The van der Waals surface area contributed by atoms with Gasteiger partial charge in [0.05, 0.1) is 92.0 Å². The van der Waals surface area contributed by atoms with Crippen LogP contribution in [0.25, 0.3) is 22.2 Å². The van der Waals surface area contributed by atoms with Crippen LogP contribution < -0.4 is 10.4 Å². The fourth-order valence-electron chi connectivity index (χ4n) is 4.27. The van der Waals surface area contributed by atoms with Crippen LogP contribution in [0.4, 0.5) is 0 Å². The third-order valence-corrected chi connectivity index (χ3v) is 5.90. The van der Waals surface area contributed by atoms with Crippen molar-refractivity contribution >= 4 is 22.2 Å². The first-order valence-electron chi connectivity index (χ1n) is 11.1. The van der Waals surface area contributed by atoms with Crippen LogP contribution in [0.3, 0.4) is 0 Å². The predicted octanol–water partition coefficient (Wildman–Crippen LogP) is 2.31. The van der Waals surface area contributed by atoms with Crippen molar-refractivity contribution < 1.29 is 0 Å². The van der Waals surface area contributed by atoms with Crippen LogP contribution in [0, 0.1) is 90.6 Å². The van der Waals surface area contributed by atoms with E-state index >= 15 is 0 Å². The second kappa shape index (κ2) is 10.7. The van der Waals surface area contributed by atoms with E-state index < -0.39 is 0 Å². The van der Waals surface area contributed by atoms with Crippen molar-refractivity contribution in [1.29, 1.82) is 42.1 Å². The summed E-state index contributed by atoms with van der Waals surface area (Å²) in [6.45, 7) is 0. The molecule has 0 radical (unpaired) electrons. The molecule has 1 heterocycles. The molecule has 0 N–H and O–H groups in total. The molecule has 0 unspecified atom stereocenters. The van der Waals surface area contributed by atoms with Gasteiger partial charge in [0, 0.05) is 34.0 Å². The Labute approximate surface area is 226 Å². The van der Waals surface area contributed by atoms with Crippen LogP contribution in [-0.4, -0.2) is 9.97 Å². The molecule has 1 aromatic heterocycles. The second-order valence-corrected chi connectivity index (χ2v) is 7.95. The molecule has 0 aliphatic rings. The summed E-state index contributed by atoms with van der Waals surface area (Å²) in [6.07, 6.45) is 2.71. The fourth-order valence-corrected chi connectivity index (χ4v) is 4.27. The molecule has 0 amide bonds. The summed E-state index contributed by atoms with van der Waals surface area (Å²) in [5, 5.41) is 78.3. The highest BCUT2D eigenvalue weighted by Crippen LogP contribution is 2.25. The third kappa shape index (κ3) is 4.15. The molecule has 0 spiro atoms. The Morgan fingerprint density at radius 1 is 0.475 bits per heavy atom. The van der Waals surface area contributed by atoms with Crippen LogP contribution in [-0.2, 0) is 0 Å². The van der Waals surface area contributed by atoms with E-state index in [9.17, 15) is 42.1 Å². The van der Waals surface area contributed by atoms with Crippen LogP contribution in [0.5, 0.6) is 0 Å². The monoisotopic (exact) mass is 508 g/mol. The largest absolute Gasteiger partial charge is 0.252 e. The Hall–Kier alpha value is -7.34. The van der Waals surface area contributed by atoms with Gasteiger partial charge in [-0.25, -0.2) is 0 Å². The molecule has 4 aromatic rings. The molecular weight excluding hydrogens is 500 g/mol. The van der Waals surface area contributed by atoms with Gasteiger partial charge in [0.2, 0.25) is 0 Å². The van der Waals surface area contributed by atoms with Crippen molar-refractivity contribution in [3.05, 3.63) is 104 Å². The van der Waals surface area contributed by atoms with E-state index in [1.54, 1.807) is 0 Å². The van der Waals surface area contributed by atoms with E-state index in [1.807, 2.05) is 48.6 Å². The highest BCUT2D eigenvalue weighted by atomic mass is 14.8. The van der Waals surface area contributed by atoms with Crippen LogP contribution in [0.2, 0.25) is 0 Å². The van der Waals surface area contributed by atoms with Gasteiger partial charge in [0.1, 0.15) is 12.1 Å². The molecule has 178 valence electrons. The SMILES string of the molecule is N#C/C(c1c(C#N)cc(C#N)cc1C#N)=c1/cc/c(=C(/C#N)c2c(C#N)cc(C#N)cc2C#N)c2nccnc12. The third-order valence-electron chi connectivity index (χ3n) is 5.90. The molecule has 0 bridgehead atoms. The first-order valence-corrected chi connectivity index (χ1v) is 11.1. The van der Waals surface area contributed by atoms with Gasteiger partial charge in [-0.05, 0) is 24.3 Å². The second-order valence-electron chi connectivity index (χ2n) is 7.95. The summed E-state index contributed by atoms with van der Waals surface area (Å²) in [4.78, 5) is 8.71. The minimum absolute atomic E-state index is 0.0151. The normalized spacial score (nSPS) is 11.1. The van der Waals surface area contributed by atoms with E-state index in [-0.39, 0.29) is 77.1 Å². The average Bonchev–Trinajstić information content (AvgIpc) is 3.01. The van der Waals surface area contributed by atoms with Crippen LogP contribution in [0.15, 0.2) is 48.8 Å². The Morgan fingerprint density at radius 2 is 0.800 bits per heavy atom. The first kappa shape index (κ1) is 25.7. The van der Waals surface area contributed by atoms with Crippen molar-refractivity contribution in [3.8, 4) is 48.6 Å². The number of hydrogen-bond donors (Lipinski definition) is 0. The number of fused-ring (bicyclic) bond motifs is 1. The predicted molar refractivity (Wildman–Crippen MR) is 136 cm³/mol. The quantitative estimate of drug-likeness (QED) is 0.384. The van der Waals surface area contributed by atoms with Crippen molar-refractivity contribution in [2.24, 2.45) is 0 Å². The van der Waals surface area contributed by atoms with Crippen molar-refractivity contribution in [2.45, 2.75) is 0 Å². The Balaban J connectivity index is 2.26. The molecule has 4 rings (SSSR count). The lowest BCUT2D eigenvalue weighted by atomic mass is 9.90. The van der Waals surface area contributed by atoms with Crippen molar-refractivity contribution in [3.63, 3.8) is 0 Å². The van der Waals surface area contributed by atoms with Gasteiger partial charge in [0.25, 0.3) is 0 Å². The van der Waals surface area contributed by atoms with Gasteiger partial charge in [-0.3, -0.25) is 9.97 Å². The van der Waals surface area contributed by atoms with E-state index in [1.165, 1.54) is 48.8 Å². The lowest BCUT2D eigenvalue weighted by Gasteiger charge is -2.09. The zero-order valence-electron chi connectivity index (χ0n) is 20.1. The molecule has 10 heteroatoms. The lowest BCUT2D eigenvalue weighted by molar-refractivity contribution is 1.27. The fraction of sp³-hybridized carbons (Fsp3) is 0. The summed E-state index contributed by atoms with van der Waals surface area (Å²) >= 11 is 0. The highest BCUT2D eigenvalue weighted by Gasteiger charge is 2.20. The first-order chi connectivity index (χ1) is 19.5. The molecule has 0 atom stereocenters. The van der Waals surface area contributed by atoms with Crippen LogP contribution in [0.1, 0.15) is 44.5 Å². The maximum absolute atomic E-state index is 10.2. The van der Waals surface area contributed by atoms with Gasteiger partial charge in [-0.1, -0.05) is 12.1 Å². The van der Waals surface area contributed by atoms with Gasteiger partial charge in [-0.2, -0.15) is 42.1 Å². The Morgan fingerprint density at radius 3 is 1.05 bits per heavy atom. The maximum atomic E-state index is 10.2. The molecule has 10 nitrogen and oxygen atoms in total. The standard InChI is InChI=1S/C30H8N10/c31-9-17-5-19(11-33)27(20(6-17)12-34)25(15-37)23-1-2-24(30-29(23)39-3-4-40-30)26(16-38)28-21(13-35)7-18(10-32)8-22(28)14-36/h1-8H/b25-23+,26-24+. The highest BCUT2D eigenvalue weighted by molar-refractivity contribution is 5.93. The summed E-state index contributed by atoms with van der Waals surface area (Å²) in [6, 6.07) is 23.6. The summed E-state index contributed by atoms with van der Waals surface area (Å²) < 4.78 is 0. The minimum Gasteiger partial charge on any atom is -0.252 e. The molecule has 0 saturated carbocycles. The number of nitrogens with zero attached hydrogens (tertiary/aromatic N) is 10. The number of rotatable bonds is 2. The zero-order valence-corrected chi connectivity index (χ0v) is 20.1. The molecule has 3 aromatic carbocycles. The summed E-state index contributed by atoms with van der Waals surface area (Å²) in [7, 11) is 0. The van der Waals surface area contributed by atoms with Gasteiger partial charge in [-0.15, -0.1) is 0 Å². The van der Waals surface area contributed by atoms with E-state index in [0.29, 0.717) is 0 Å². The molecule has 0 fully saturated rings. The van der Waals surface area contributed by atoms with E-state index in [0.717, 1.165) is 0 Å². The van der Waals surface area contributed by atoms with E-state index in [4.69, 9.17) is 0 Å². The molecule has 40 heavy (non-hydrogen) atoms. The smallest absolute Gasteiger partial charge is 0.101 e. The molecule has 0 saturated heterocycles. The number of benzene rings is 3. The Kier molecular flexibility index (Phi) is 6.91. The summed E-state index contributed by atoms with van der Waals surface area (Å²) in [5.41, 5.74) is 0.0587. The number of hydrogen-bond acceptors (Lipinski definition) is 10. The van der Waals surface area contributed by atoms with Gasteiger partial charge >= 0.3 is 0 Å². The van der Waals surface area contributed by atoms with Crippen molar-refractivity contribution in [2.75, 3.05) is 0 Å². The molecule has 0 aliphatic heterocycles. The van der Waals surface area contributed by atoms with E-state index in [2.05, 4.69) is 9.97 Å². The van der Waals surface area contributed by atoms with Crippen molar-refractivity contribution in [1.82, 2.24) is 9.97 Å². The van der Waals surface area contributed by atoms with Gasteiger partial charge < -0.3 is 0 Å².